The number of amides is 1. The molecule has 0 unspecified atom stereocenters. The van der Waals surface area contributed by atoms with E-state index in [1.807, 2.05) is 52.0 Å². The van der Waals surface area contributed by atoms with E-state index in [-0.39, 0.29) is 16.5 Å². The van der Waals surface area contributed by atoms with E-state index in [1.165, 1.54) is 17.3 Å². The van der Waals surface area contributed by atoms with Gasteiger partial charge in [-0.2, -0.15) is 0 Å². The van der Waals surface area contributed by atoms with Gasteiger partial charge in [-0.3, -0.25) is 4.79 Å². The lowest BCUT2D eigenvalue weighted by atomic mass is 10.0. The number of carboxylic acid groups (broad SMARTS) is 1. The molecule has 0 aliphatic carbocycles. The number of carbonyl (C=O) groups excluding carboxylic acids is 1. The van der Waals surface area contributed by atoms with Gasteiger partial charge >= 0.3 is 5.97 Å². The van der Waals surface area contributed by atoms with Crippen LogP contribution < -0.4 is 0 Å². The quantitative estimate of drug-likeness (QED) is 0.766. The fourth-order valence-corrected chi connectivity index (χ4v) is 6.17. The number of benzene rings is 1. The summed E-state index contributed by atoms with van der Waals surface area (Å²) in [5.41, 5.74) is 2.15. The maximum absolute atomic E-state index is 13.1. The van der Waals surface area contributed by atoms with Crippen molar-refractivity contribution in [2.45, 2.75) is 55.5 Å². The van der Waals surface area contributed by atoms with Gasteiger partial charge in [0.1, 0.15) is 11.4 Å². The van der Waals surface area contributed by atoms with Crippen LogP contribution in [0, 0.1) is 0 Å². The number of carboxylic acids is 1. The largest absolute Gasteiger partial charge is 0.480 e. The van der Waals surface area contributed by atoms with Crippen LogP contribution in [-0.2, 0) is 16.0 Å². The van der Waals surface area contributed by atoms with Crippen LogP contribution in [0.4, 0.5) is 0 Å². The standard InChI is InChI=1S/C21H25NO3S2/c1-13(2)26-16-15(12-8-11-14-9-6-5-7-10-14)19-22(18(16)23)17(20(24)25)21(3,4)27-19/h5-10,12-13,17,19H,11H2,1-4H3,(H,24,25)/b12-8+/t17-,19+/m0/s1. The maximum atomic E-state index is 13.1. The summed E-state index contributed by atoms with van der Waals surface area (Å²) in [5.74, 6) is -1.09. The summed E-state index contributed by atoms with van der Waals surface area (Å²) in [5, 5.41) is 9.76. The zero-order chi connectivity index (χ0) is 19.8. The Kier molecular flexibility index (Phi) is 5.77. The van der Waals surface area contributed by atoms with E-state index in [4.69, 9.17) is 0 Å². The summed E-state index contributed by atoms with van der Waals surface area (Å²) in [7, 11) is 0. The second-order valence-corrected chi connectivity index (χ2v) is 10.9. The molecular weight excluding hydrogens is 378 g/mol. The molecule has 3 rings (SSSR count). The Bertz CT molecular complexity index is 799. The van der Waals surface area contributed by atoms with Gasteiger partial charge in [0.15, 0.2) is 0 Å². The van der Waals surface area contributed by atoms with Crippen LogP contribution in [0.15, 0.2) is 53.0 Å². The summed E-state index contributed by atoms with van der Waals surface area (Å²) in [6, 6.07) is 9.34. The van der Waals surface area contributed by atoms with Crippen molar-refractivity contribution in [3.05, 3.63) is 58.5 Å². The van der Waals surface area contributed by atoms with E-state index in [0.29, 0.717) is 4.91 Å². The van der Waals surface area contributed by atoms with Crippen molar-refractivity contribution in [2.24, 2.45) is 0 Å². The molecule has 0 spiro atoms. The molecule has 2 heterocycles. The number of fused-ring (bicyclic) bond motifs is 1. The molecule has 1 aromatic carbocycles. The van der Waals surface area contributed by atoms with Crippen LogP contribution >= 0.6 is 23.5 Å². The van der Waals surface area contributed by atoms with Gasteiger partial charge in [0.2, 0.25) is 0 Å². The lowest BCUT2D eigenvalue weighted by molar-refractivity contribution is -0.148. The third-order valence-corrected chi connectivity index (χ3v) is 7.30. The molecule has 0 radical (unpaired) electrons. The number of nitrogens with zero attached hydrogens (tertiary/aromatic N) is 1. The average Bonchev–Trinajstić information content (AvgIpc) is 2.99. The van der Waals surface area contributed by atoms with Gasteiger partial charge in [0.05, 0.1) is 4.91 Å². The van der Waals surface area contributed by atoms with E-state index < -0.39 is 16.8 Å². The highest BCUT2D eigenvalue weighted by molar-refractivity contribution is 8.05. The minimum Gasteiger partial charge on any atom is -0.480 e. The van der Waals surface area contributed by atoms with Crippen LogP contribution in [0.25, 0.3) is 0 Å². The summed E-state index contributed by atoms with van der Waals surface area (Å²) >= 11 is 3.09. The molecular formula is C21H25NO3S2. The average molecular weight is 404 g/mol. The molecule has 2 aliphatic rings. The van der Waals surface area contributed by atoms with Crippen molar-refractivity contribution in [1.82, 2.24) is 4.90 Å². The molecule has 1 aromatic rings. The first-order chi connectivity index (χ1) is 12.7. The normalized spacial score (nSPS) is 24.3. The molecule has 0 aromatic heterocycles. The van der Waals surface area contributed by atoms with Gasteiger partial charge in [0.25, 0.3) is 5.91 Å². The third kappa shape index (κ3) is 3.97. The monoisotopic (exact) mass is 403 g/mol. The van der Waals surface area contributed by atoms with Crippen LogP contribution in [0.1, 0.15) is 33.3 Å². The Labute approximate surface area is 169 Å². The van der Waals surface area contributed by atoms with E-state index in [1.54, 1.807) is 16.7 Å². The Morgan fingerprint density at radius 3 is 2.59 bits per heavy atom. The lowest BCUT2D eigenvalue weighted by Gasteiger charge is -2.27. The second-order valence-electron chi connectivity index (χ2n) is 7.57. The molecule has 2 atom stereocenters. The zero-order valence-electron chi connectivity index (χ0n) is 16.0. The van der Waals surface area contributed by atoms with Crippen LogP contribution in [0.2, 0.25) is 0 Å². The van der Waals surface area contributed by atoms with Gasteiger partial charge in [-0.15, -0.1) is 23.5 Å². The van der Waals surface area contributed by atoms with Crippen molar-refractivity contribution < 1.29 is 14.7 Å². The van der Waals surface area contributed by atoms with Gasteiger partial charge in [-0.1, -0.05) is 56.3 Å². The Morgan fingerprint density at radius 1 is 1.33 bits per heavy atom. The van der Waals surface area contributed by atoms with Crippen molar-refractivity contribution in [1.29, 1.82) is 0 Å². The fourth-order valence-electron chi connectivity index (χ4n) is 3.53. The number of allylic oxidation sites excluding steroid dienone is 1. The van der Waals surface area contributed by atoms with Crippen molar-refractivity contribution in [2.75, 3.05) is 0 Å². The molecule has 1 amide bonds. The number of aliphatic carboxylic acids is 1. The Hall–Kier alpha value is -1.66. The summed E-state index contributed by atoms with van der Waals surface area (Å²) in [6.07, 6.45) is 4.87. The minimum absolute atomic E-state index is 0.150. The van der Waals surface area contributed by atoms with Crippen molar-refractivity contribution >= 4 is 35.4 Å². The van der Waals surface area contributed by atoms with Crippen LogP contribution in [-0.4, -0.2) is 43.3 Å². The summed E-state index contributed by atoms with van der Waals surface area (Å²) < 4.78 is -0.529. The Morgan fingerprint density at radius 2 is 2.00 bits per heavy atom. The number of hydrogen-bond acceptors (Lipinski definition) is 4. The molecule has 1 fully saturated rings. The Balaban J connectivity index is 1.93. The lowest BCUT2D eigenvalue weighted by Crippen LogP contribution is -2.48. The SMILES string of the molecule is CC(C)SC1=C(/C=C/Cc2ccccc2)[C@H]2SC(C)(C)[C@H](C(=O)O)N2C1=O. The molecule has 6 heteroatoms. The predicted octanol–water partition coefficient (Wildman–Crippen LogP) is 4.33. The van der Waals surface area contributed by atoms with Crippen LogP contribution in [0.5, 0.6) is 0 Å². The highest BCUT2D eigenvalue weighted by Gasteiger charge is 2.58. The molecule has 1 N–H and O–H groups in total. The second kappa shape index (κ2) is 7.76. The topological polar surface area (TPSA) is 57.6 Å². The molecule has 4 nitrogen and oxygen atoms in total. The predicted molar refractivity (Wildman–Crippen MR) is 113 cm³/mol. The van der Waals surface area contributed by atoms with E-state index in [9.17, 15) is 14.7 Å². The first-order valence-corrected chi connectivity index (χ1v) is 10.8. The highest BCUT2D eigenvalue weighted by atomic mass is 32.2. The number of carbonyl (C=O) groups is 2. The number of rotatable bonds is 6. The van der Waals surface area contributed by atoms with Gasteiger partial charge < -0.3 is 10.0 Å². The van der Waals surface area contributed by atoms with Crippen molar-refractivity contribution in [3.63, 3.8) is 0 Å². The first kappa shape index (κ1) is 20.1. The zero-order valence-corrected chi connectivity index (χ0v) is 17.6. The molecule has 144 valence electrons. The minimum atomic E-state index is -0.938. The highest BCUT2D eigenvalue weighted by Crippen LogP contribution is 2.53. The summed E-state index contributed by atoms with van der Waals surface area (Å²) in [6.45, 7) is 7.90. The first-order valence-electron chi connectivity index (χ1n) is 9.07. The van der Waals surface area contributed by atoms with Crippen LogP contribution in [0.3, 0.4) is 0 Å². The van der Waals surface area contributed by atoms with E-state index >= 15 is 0 Å². The van der Waals surface area contributed by atoms with Gasteiger partial charge in [-0.25, -0.2) is 4.79 Å². The molecule has 27 heavy (non-hydrogen) atoms. The van der Waals surface area contributed by atoms with E-state index in [2.05, 4.69) is 18.2 Å². The fraction of sp³-hybridized carbons (Fsp3) is 0.429. The molecule has 2 aliphatic heterocycles. The van der Waals surface area contributed by atoms with Gasteiger partial charge in [-0.05, 0) is 25.8 Å². The summed E-state index contributed by atoms with van der Waals surface area (Å²) in [4.78, 5) is 27.3. The molecule has 0 saturated carbocycles. The molecule has 0 bridgehead atoms. The third-order valence-electron chi connectivity index (χ3n) is 4.64. The molecule has 1 saturated heterocycles. The number of thioether (sulfide) groups is 2. The van der Waals surface area contributed by atoms with E-state index in [0.717, 1.165) is 12.0 Å². The van der Waals surface area contributed by atoms with Crippen molar-refractivity contribution in [3.8, 4) is 0 Å². The van der Waals surface area contributed by atoms with Gasteiger partial charge in [0, 0.05) is 15.6 Å². The smallest absolute Gasteiger partial charge is 0.327 e. The number of hydrogen-bond donors (Lipinski definition) is 1. The maximum Gasteiger partial charge on any atom is 0.327 e.